The Bertz CT molecular complexity index is 762. The van der Waals surface area contributed by atoms with Crippen LogP contribution in [0.5, 0.6) is 17.2 Å². The van der Waals surface area contributed by atoms with Crippen LogP contribution in [0, 0.1) is 11.8 Å². The molecule has 2 unspecified atom stereocenters. The van der Waals surface area contributed by atoms with Crippen molar-refractivity contribution in [3.8, 4) is 17.2 Å². The Labute approximate surface area is 210 Å². The number of carbonyl (C=O) groups is 1. The third kappa shape index (κ3) is 9.14. The Morgan fingerprint density at radius 3 is 2.29 bits per heavy atom. The number of aliphatic hydroxyl groups is 1. The van der Waals surface area contributed by atoms with E-state index >= 15 is 0 Å². The highest BCUT2D eigenvalue weighted by Crippen LogP contribution is 2.38. The van der Waals surface area contributed by atoms with Gasteiger partial charge < -0.3 is 33.7 Å². The maximum atomic E-state index is 13.6. The maximum Gasteiger partial charge on any atom is 0.254 e. The van der Waals surface area contributed by atoms with E-state index in [2.05, 4.69) is 32.6 Å². The molecule has 0 bridgehead atoms. The van der Waals surface area contributed by atoms with Gasteiger partial charge in [-0.25, -0.2) is 0 Å². The van der Waals surface area contributed by atoms with Gasteiger partial charge in [0.15, 0.2) is 11.5 Å². The van der Waals surface area contributed by atoms with E-state index in [-0.39, 0.29) is 17.9 Å². The number of aliphatic hydroxyl groups excluding tert-OH is 1. The highest BCUT2D eigenvalue weighted by molar-refractivity contribution is 5.95. The number of hydrogen-bond donors (Lipinski definition) is 1. The lowest BCUT2D eigenvalue weighted by molar-refractivity contribution is -0.0602. The third-order valence-electron chi connectivity index (χ3n) is 5.66. The molecule has 1 fully saturated rings. The maximum absolute atomic E-state index is 13.6. The van der Waals surface area contributed by atoms with Gasteiger partial charge in [0.25, 0.3) is 5.91 Å². The van der Waals surface area contributed by atoms with Crippen molar-refractivity contribution in [2.45, 2.75) is 39.9 Å². The lowest BCUT2D eigenvalue weighted by Gasteiger charge is -2.37. The average Bonchev–Trinajstić information content (AvgIpc) is 2.81. The number of hydrogen-bond acceptors (Lipinski definition) is 8. The summed E-state index contributed by atoms with van der Waals surface area (Å²) in [4.78, 5) is 17.6. The van der Waals surface area contributed by atoms with Gasteiger partial charge in [0.2, 0.25) is 5.75 Å². The van der Waals surface area contributed by atoms with Crippen molar-refractivity contribution in [3.05, 3.63) is 17.7 Å². The van der Waals surface area contributed by atoms with Crippen LogP contribution in [0.4, 0.5) is 0 Å². The molecule has 0 aromatic heterocycles. The Balaban J connectivity index is 2.09. The summed E-state index contributed by atoms with van der Waals surface area (Å²) in [5.41, 5.74) is 0.463. The molecule has 1 aliphatic rings. The van der Waals surface area contributed by atoms with Crippen molar-refractivity contribution in [1.29, 1.82) is 0 Å². The lowest BCUT2D eigenvalue weighted by Crippen LogP contribution is -2.51. The summed E-state index contributed by atoms with van der Waals surface area (Å²) in [5, 5.41) is 10.4. The molecule has 1 aliphatic heterocycles. The zero-order valence-corrected chi connectivity index (χ0v) is 22.4. The number of nitrogens with zero attached hydrogens (tertiary/aromatic N) is 2. The molecule has 2 rings (SSSR count). The Morgan fingerprint density at radius 1 is 1.09 bits per heavy atom. The second kappa shape index (κ2) is 14.5. The number of benzene rings is 1. The number of rotatable bonds is 14. The molecule has 1 aromatic carbocycles. The van der Waals surface area contributed by atoms with E-state index in [0.29, 0.717) is 74.7 Å². The van der Waals surface area contributed by atoms with E-state index in [1.54, 1.807) is 12.1 Å². The smallest absolute Gasteiger partial charge is 0.254 e. The minimum Gasteiger partial charge on any atom is -0.493 e. The van der Waals surface area contributed by atoms with E-state index in [1.165, 1.54) is 21.3 Å². The van der Waals surface area contributed by atoms with Gasteiger partial charge in [0, 0.05) is 44.9 Å². The zero-order chi connectivity index (χ0) is 26.0. The molecule has 0 spiro atoms. The molecule has 200 valence electrons. The molecule has 9 heteroatoms. The monoisotopic (exact) mass is 496 g/mol. The van der Waals surface area contributed by atoms with Gasteiger partial charge in [-0.1, -0.05) is 27.7 Å². The molecular formula is C26H44N2O7. The Hall–Kier alpha value is -2.07. The highest BCUT2D eigenvalue weighted by Gasteiger charge is 2.28. The van der Waals surface area contributed by atoms with Crippen LogP contribution in [0.25, 0.3) is 0 Å². The number of ether oxygens (including phenoxy) is 5. The number of amides is 1. The van der Waals surface area contributed by atoms with Crippen molar-refractivity contribution < 1.29 is 33.6 Å². The molecule has 1 N–H and O–H groups in total. The molecule has 0 saturated carbocycles. The quantitative estimate of drug-likeness (QED) is 0.420. The summed E-state index contributed by atoms with van der Waals surface area (Å²) in [6.07, 6.45) is -0.711. The minimum absolute atomic E-state index is 0.124. The lowest BCUT2D eigenvalue weighted by atomic mass is 10.1. The van der Waals surface area contributed by atoms with Gasteiger partial charge in [0.1, 0.15) is 0 Å². The standard InChI is InChI=1S/C26H44N2O7/c1-18(2)12-28(26(30)20-10-23(31-5)25(33-7)24(11-20)32-6)15-22-14-27(8-9-35-22)13-21(29)17-34-16-19(3)4/h10-11,18-19,21-22,29H,8-9,12-17H2,1-7H3. The van der Waals surface area contributed by atoms with Gasteiger partial charge in [0.05, 0.1) is 46.8 Å². The molecule has 0 radical (unpaired) electrons. The SMILES string of the molecule is COc1cc(C(=O)N(CC(C)C)CC2CN(CC(O)COCC(C)C)CCO2)cc(OC)c1OC. The topological polar surface area (TPSA) is 89.9 Å². The largest absolute Gasteiger partial charge is 0.493 e. The molecule has 1 aromatic rings. The molecule has 0 aliphatic carbocycles. The van der Waals surface area contributed by atoms with Gasteiger partial charge in [-0.2, -0.15) is 0 Å². The third-order valence-corrected chi connectivity index (χ3v) is 5.66. The van der Waals surface area contributed by atoms with E-state index < -0.39 is 6.10 Å². The van der Waals surface area contributed by atoms with Crippen LogP contribution in [-0.2, 0) is 9.47 Å². The number of morpholine rings is 1. The van der Waals surface area contributed by atoms with Crippen molar-refractivity contribution in [2.75, 3.05) is 73.9 Å². The molecular weight excluding hydrogens is 452 g/mol. The molecule has 1 heterocycles. The number of β-amino-alcohol motifs (C(OH)–C–C–N with tert-alkyl or cyclic N) is 1. The minimum atomic E-state index is -0.555. The van der Waals surface area contributed by atoms with Crippen LogP contribution in [0.1, 0.15) is 38.1 Å². The fraction of sp³-hybridized carbons (Fsp3) is 0.731. The van der Waals surface area contributed by atoms with E-state index in [0.717, 1.165) is 6.54 Å². The van der Waals surface area contributed by atoms with Crippen LogP contribution in [-0.4, -0.2) is 107 Å². The summed E-state index contributed by atoms with van der Waals surface area (Å²) >= 11 is 0. The van der Waals surface area contributed by atoms with E-state index in [4.69, 9.17) is 23.7 Å². The van der Waals surface area contributed by atoms with Crippen LogP contribution in [0.3, 0.4) is 0 Å². The normalized spacial score (nSPS) is 17.5. The average molecular weight is 497 g/mol. The molecule has 1 saturated heterocycles. The highest BCUT2D eigenvalue weighted by atomic mass is 16.5. The number of methoxy groups -OCH3 is 3. The van der Waals surface area contributed by atoms with Crippen LogP contribution >= 0.6 is 0 Å². The second-order valence-corrected chi connectivity index (χ2v) is 9.86. The summed E-state index contributed by atoms with van der Waals surface area (Å²) < 4.78 is 27.8. The van der Waals surface area contributed by atoms with Crippen molar-refractivity contribution in [1.82, 2.24) is 9.80 Å². The first-order chi connectivity index (χ1) is 16.7. The fourth-order valence-corrected chi connectivity index (χ4v) is 4.16. The van der Waals surface area contributed by atoms with E-state index in [9.17, 15) is 9.90 Å². The Morgan fingerprint density at radius 2 is 1.74 bits per heavy atom. The summed E-state index contributed by atoms with van der Waals surface area (Å²) in [5.74, 6) is 1.91. The van der Waals surface area contributed by atoms with Gasteiger partial charge in [-0.15, -0.1) is 0 Å². The number of carbonyl (C=O) groups excluding carboxylic acids is 1. The van der Waals surface area contributed by atoms with Gasteiger partial charge >= 0.3 is 0 Å². The summed E-state index contributed by atoms with van der Waals surface area (Å²) in [6.45, 7) is 12.8. The van der Waals surface area contributed by atoms with Crippen LogP contribution < -0.4 is 14.2 Å². The first-order valence-corrected chi connectivity index (χ1v) is 12.4. The molecule has 2 atom stereocenters. The van der Waals surface area contributed by atoms with Crippen molar-refractivity contribution >= 4 is 5.91 Å². The van der Waals surface area contributed by atoms with Crippen molar-refractivity contribution in [3.63, 3.8) is 0 Å². The summed E-state index contributed by atoms with van der Waals surface area (Å²) in [7, 11) is 4.60. The van der Waals surface area contributed by atoms with Gasteiger partial charge in [-0.3, -0.25) is 9.69 Å². The summed E-state index contributed by atoms with van der Waals surface area (Å²) in [6, 6.07) is 3.36. The fourth-order valence-electron chi connectivity index (χ4n) is 4.16. The van der Waals surface area contributed by atoms with Crippen LogP contribution in [0.15, 0.2) is 12.1 Å². The second-order valence-electron chi connectivity index (χ2n) is 9.86. The molecule has 9 nitrogen and oxygen atoms in total. The first-order valence-electron chi connectivity index (χ1n) is 12.4. The molecule has 35 heavy (non-hydrogen) atoms. The van der Waals surface area contributed by atoms with Crippen molar-refractivity contribution in [2.24, 2.45) is 11.8 Å². The zero-order valence-electron chi connectivity index (χ0n) is 22.4. The van der Waals surface area contributed by atoms with Gasteiger partial charge in [-0.05, 0) is 24.0 Å². The predicted molar refractivity (Wildman–Crippen MR) is 135 cm³/mol. The van der Waals surface area contributed by atoms with Crippen LogP contribution in [0.2, 0.25) is 0 Å². The molecule has 1 amide bonds. The Kier molecular flexibility index (Phi) is 12.1. The predicted octanol–water partition coefficient (Wildman–Crippen LogP) is 2.54. The van der Waals surface area contributed by atoms with E-state index in [1.807, 2.05) is 4.90 Å². The first kappa shape index (κ1) is 29.2.